The Hall–Kier alpha value is -0.680. The van der Waals surface area contributed by atoms with Crippen LogP contribution in [0.15, 0.2) is 0 Å². The molecular formula is C25H44O17. The SMILES string of the molecule is CO[C@H]1O[C@H](C)[C@@H](O[C@@H]2O[C@H](C)[C@H](O)[C@H](O)[C@H]2O[C@@H]2O[C@H](C)[C@@H](O)[C@H](O)[C@H]2O)[C@H](O)[C@H]1O[C@@H]1O[C@H](C)[C@H](O)[C@H](O)[C@H]1O. The van der Waals surface area contributed by atoms with Gasteiger partial charge < -0.3 is 83.9 Å². The Kier molecular flexibility index (Phi) is 11.2. The number of rotatable bonds is 7. The van der Waals surface area contributed by atoms with Crippen LogP contribution in [-0.2, 0) is 37.9 Å². The summed E-state index contributed by atoms with van der Waals surface area (Å²) in [7, 11) is 1.29. The van der Waals surface area contributed by atoms with Crippen LogP contribution in [0.2, 0.25) is 0 Å². The lowest BCUT2D eigenvalue weighted by Crippen LogP contribution is -2.66. The van der Waals surface area contributed by atoms with E-state index >= 15 is 0 Å². The molecule has 0 aromatic heterocycles. The molecule has 4 fully saturated rings. The largest absolute Gasteiger partial charge is 0.388 e. The van der Waals surface area contributed by atoms with Crippen LogP contribution < -0.4 is 0 Å². The summed E-state index contributed by atoms with van der Waals surface area (Å²) in [6.07, 6.45) is -27.9. The van der Waals surface area contributed by atoms with E-state index in [2.05, 4.69) is 0 Å². The second-order valence-electron chi connectivity index (χ2n) is 11.3. The minimum atomic E-state index is -1.73. The van der Waals surface area contributed by atoms with Crippen molar-refractivity contribution in [2.24, 2.45) is 0 Å². The van der Waals surface area contributed by atoms with Gasteiger partial charge in [0.1, 0.15) is 73.2 Å². The number of aliphatic hydroxyl groups is 9. The molecule has 0 aromatic carbocycles. The Morgan fingerprint density at radius 1 is 0.357 bits per heavy atom. The lowest BCUT2D eigenvalue weighted by molar-refractivity contribution is -0.393. The van der Waals surface area contributed by atoms with Gasteiger partial charge in [0.05, 0.1) is 24.4 Å². The Morgan fingerprint density at radius 3 is 1.17 bits per heavy atom. The molecule has 4 aliphatic rings. The molecule has 17 heteroatoms. The number of aliphatic hydroxyl groups excluding tert-OH is 9. The Morgan fingerprint density at radius 2 is 0.714 bits per heavy atom. The van der Waals surface area contributed by atoms with Gasteiger partial charge >= 0.3 is 0 Å². The zero-order valence-electron chi connectivity index (χ0n) is 23.8. The van der Waals surface area contributed by atoms with Gasteiger partial charge in [-0.1, -0.05) is 0 Å². The third kappa shape index (κ3) is 6.63. The number of ether oxygens (including phenoxy) is 8. The molecule has 17 nitrogen and oxygen atoms in total. The summed E-state index contributed by atoms with van der Waals surface area (Å²) >= 11 is 0. The van der Waals surface area contributed by atoms with Crippen LogP contribution in [-0.4, -0.2) is 176 Å². The van der Waals surface area contributed by atoms with Crippen molar-refractivity contribution >= 4 is 0 Å². The summed E-state index contributed by atoms with van der Waals surface area (Å²) in [4.78, 5) is 0. The highest BCUT2D eigenvalue weighted by atomic mass is 16.8. The molecule has 42 heavy (non-hydrogen) atoms. The molecule has 4 aliphatic heterocycles. The summed E-state index contributed by atoms with van der Waals surface area (Å²) in [5.74, 6) is 0. The van der Waals surface area contributed by atoms with Crippen LogP contribution in [0.5, 0.6) is 0 Å². The van der Waals surface area contributed by atoms with Gasteiger partial charge in [0, 0.05) is 7.11 Å². The molecule has 0 radical (unpaired) electrons. The van der Waals surface area contributed by atoms with Crippen molar-refractivity contribution < 1.29 is 83.9 Å². The number of hydrogen-bond acceptors (Lipinski definition) is 17. The second kappa shape index (κ2) is 13.8. The van der Waals surface area contributed by atoms with Crippen LogP contribution in [0, 0.1) is 0 Å². The van der Waals surface area contributed by atoms with Gasteiger partial charge in [0.15, 0.2) is 25.2 Å². The molecule has 4 rings (SSSR count). The van der Waals surface area contributed by atoms with Gasteiger partial charge in [-0.2, -0.15) is 0 Å². The molecule has 0 aliphatic carbocycles. The van der Waals surface area contributed by atoms with Crippen LogP contribution in [0.3, 0.4) is 0 Å². The van der Waals surface area contributed by atoms with Gasteiger partial charge in [-0.25, -0.2) is 0 Å². The van der Waals surface area contributed by atoms with Crippen molar-refractivity contribution in [2.75, 3.05) is 7.11 Å². The minimum Gasteiger partial charge on any atom is -0.388 e. The lowest BCUT2D eigenvalue weighted by Gasteiger charge is -2.49. The fourth-order valence-electron chi connectivity index (χ4n) is 5.49. The first-order chi connectivity index (χ1) is 19.7. The van der Waals surface area contributed by atoms with Crippen molar-refractivity contribution in [3.63, 3.8) is 0 Å². The molecule has 0 saturated carbocycles. The van der Waals surface area contributed by atoms with E-state index in [1.807, 2.05) is 0 Å². The van der Waals surface area contributed by atoms with E-state index in [0.29, 0.717) is 0 Å². The number of hydrogen-bond donors (Lipinski definition) is 9. The first kappa shape index (κ1) is 34.2. The van der Waals surface area contributed by atoms with E-state index in [1.54, 1.807) is 6.92 Å². The third-order valence-electron chi connectivity index (χ3n) is 8.26. The second-order valence-corrected chi connectivity index (χ2v) is 11.3. The molecule has 4 saturated heterocycles. The topological polar surface area (TPSA) is 256 Å². The summed E-state index contributed by atoms with van der Waals surface area (Å²) in [6, 6.07) is 0. The summed E-state index contributed by atoms with van der Waals surface area (Å²) < 4.78 is 45.4. The van der Waals surface area contributed by atoms with Crippen molar-refractivity contribution in [2.45, 2.75) is 151 Å². The van der Waals surface area contributed by atoms with E-state index in [4.69, 9.17) is 37.9 Å². The molecule has 0 bridgehead atoms. The van der Waals surface area contributed by atoms with Crippen LogP contribution >= 0.6 is 0 Å². The van der Waals surface area contributed by atoms with E-state index in [-0.39, 0.29) is 0 Å². The van der Waals surface area contributed by atoms with E-state index in [9.17, 15) is 46.0 Å². The van der Waals surface area contributed by atoms with Crippen molar-refractivity contribution in [1.82, 2.24) is 0 Å². The van der Waals surface area contributed by atoms with Gasteiger partial charge in [-0.15, -0.1) is 0 Å². The molecule has 4 heterocycles. The third-order valence-corrected chi connectivity index (χ3v) is 8.26. The highest BCUT2D eigenvalue weighted by molar-refractivity contribution is 4.96. The predicted molar refractivity (Wildman–Crippen MR) is 133 cm³/mol. The Labute approximate surface area is 242 Å². The molecule has 246 valence electrons. The molecule has 0 aromatic rings. The first-order valence-corrected chi connectivity index (χ1v) is 13.9. The van der Waals surface area contributed by atoms with Gasteiger partial charge in [0.25, 0.3) is 0 Å². The van der Waals surface area contributed by atoms with Crippen molar-refractivity contribution in [3.05, 3.63) is 0 Å². The van der Waals surface area contributed by atoms with E-state index in [1.165, 1.54) is 27.9 Å². The Bertz CT molecular complexity index is 869. The van der Waals surface area contributed by atoms with Gasteiger partial charge in [-0.3, -0.25) is 0 Å². The molecular weight excluding hydrogens is 572 g/mol. The fraction of sp³-hybridized carbons (Fsp3) is 1.00. The Balaban J connectivity index is 1.53. The summed E-state index contributed by atoms with van der Waals surface area (Å²) in [5, 5.41) is 93.9. The zero-order valence-corrected chi connectivity index (χ0v) is 23.8. The number of methoxy groups -OCH3 is 1. The van der Waals surface area contributed by atoms with E-state index < -0.39 is 123 Å². The average Bonchev–Trinajstić information content (AvgIpc) is 2.95. The highest BCUT2D eigenvalue weighted by Gasteiger charge is 2.54. The molecule has 0 amide bonds. The molecule has 20 atom stereocenters. The van der Waals surface area contributed by atoms with Gasteiger partial charge in [-0.05, 0) is 27.7 Å². The van der Waals surface area contributed by atoms with Crippen LogP contribution in [0.1, 0.15) is 27.7 Å². The lowest BCUT2D eigenvalue weighted by atomic mass is 9.96. The van der Waals surface area contributed by atoms with Crippen LogP contribution in [0.25, 0.3) is 0 Å². The monoisotopic (exact) mass is 616 g/mol. The summed E-state index contributed by atoms with van der Waals surface area (Å²) in [5.41, 5.74) is 0. The summed E-state index contributed by atoms with van der Waals surface area (Å²) in [6.45, 7) is 5.90. The quantitative estimate of drug-likeness (QED) is 0.130. The van der Waals surface area contributed by atoms with E-state index in [0.717, 1.165) is 0 Å². The maximum Gasteiger partial charge on any atom is 0.187 e. The molecule has 0 unspecified atom stereocenters. The highest BCUT2D eigenvalue weighted by Crippen LogP contribution is 2.34. The van der Waals surface area contributed by atoms with Crippen molar-refractivity contribution in [3.8, 4) is 0 Å². The first-order valence-electron chi connectivity index (χ1n) is 13.9. The average molecular weight is 617 g/mol. The fourth-order valence-corrected chi connectivity index (χ4v) is 5.49. The van der Waals surface area contributed by atoms with Crippen LogP contribution in [0.4, 0.5) is 0 Å². The zero-order chi connectivity index (χ0) is 31.2. The maximum absolute atomic E-state index is 11.4. The van der Waals surface area contributed by atoms with Crippen molar-refractivity contribution in [1.29, 1.82) is 0 Å². The molecule has 0 spiro atoms. The minimum absolute atomic E-state index is 0.898. The standard InChI is InChI=1S/C25H44O17/c1-6-10(26)13(29)16(32)22(36-6)41-20-15(31)12(28)8(3)38-25(20)40-19-9(4)39-24(35-5)21(18(19)34)42-23-17(33)14(30)11(27)7(2)37-23/h6-34H,1-5H3/t6-,7-,8-,9-,10-,11+,12+,13+,14+,15+,16-,17-,18+,19-,20-,21-,22+,23+,24+,25+/m1/s1. The molecule has 9 N–H and O–H groups in total. The normalized spacial score (nSPS) is 55.9. The predicted octanol–water partition coefficient (Wildman–Crippen LogP) is -4.98. The maximum atomic E-state index is 11.4. The van der Waals surface area contributed by atoms with Gasteiger partial charge in [0.2, 0.25) is 0 Å². The smallest absolute Gasteiger partial charge is 0.187 e.